The van der Waals surface area contributed by atoms with E-state index >= 15 is 0 Å². The van der Waals surface area contributed by atoms with Crippen LogP contribution in [-0.2, 0) is 19.1 Å². The molecule has 27 heavy (non-hydrogen) atoms. The second kappa shape index (κ2) is 5.81. The molecule has 6 nitrogen and oxygen atoms in total. The number of rotatable bonds is 2. The number of piperazine rings is 1. The minimum Gasteiger partial charge on any atom is -0.392 e. The summed E-state index contributed by atoms with van der Waals surface area (Å²) in [5.74, 6) is -1.34. The summed E-state index contributed by atoms with van der Waals surface area (Å²) in [6.07, 6.45) is 0.874. The van der Waals surface area contributed by atoms with Crippen LogP contribution >= 0.6 is 0 Å². The van der Waals surface area contributed by atoms with Crippen molar-refractivity contribution in [3.05, 3.63) is 30.3 Å². The molecule has 2 bridgehead atoms. The Bertz CT molecular complexity index is 798. The SMILES string of the molecule is CC12CCC(C(=O)N3CCN(c4ccccc4)CC3)(C(=O)OC1=O)C2(C)C. The average Bonchev–Trinajstić information content (AvgIpc) is 2.82. The minimum atomic E-state index is -1.26. The summed E-state index contributed by atoms with van der Waals surface area (Å²) < 4.78 is 5.08. The maximum Gasteiger partial charge on any atom is 0.329 e. The first-order valence-corrected chi connectivity index (χ1v) is 9.60. The third kappa shape index (κ3) is 2.22. The van der Waals surface area contributed by atoms with Crippen molar-refractivity contribution in [3.8, 4) is 0 Å². The van der Waals surface area contributed by atoms with Crippen molar-refractivity contribution in [2.45, 2.75) is 33.6 Å². The van der Waals surface area contributed by atoms with Gasteiger partial charge >= 0.3 is 11.9 Å². The highest BCUT2D eigenvalue weighted by atomic mass is 16.6. The molecule has 6 heteroatoms. The molecule has 2 aliphatic heterocycles. The van der Waals surface area contributed by atoms with E-state index in [1.807, 2.05) is 39.0 Å². The summed E-state index contributed by atoms with van der Waals surface area (Å²) in [5, 5.41) is 0. The van der Waals surface area contributed by atoms with Crippen LogP contribution in [0.5, 0.6) is 0 Å². The molecular formula is C21H26N2O4. The molecule has 1 aromatic carbocycles. The molecule has 0 spiro atoms. The number of hydrogen-bond acceptors (Lipinski definition) is 5. The van der Waals surface area contributed by atoms with Gasteiger partial charge < -0.3 is 14.5 Å². The summed E-state index contributed by atoms with van der Waals surface area (Å²) in [5.41, 5.74) is -1.69. The molecule has 3 fully saturated rings. The van der Waals surface area contributed by atoms with Crippen LogP contribution in [0.3, 0.4) is 0 Å². The van der Waals surface area contributed by atoms with Crippen molar-refractivity contribution in [2.75, 3.05) is 31.1 Å². The number of benzene rings is 1. The number of anilines is 1. The average molecular weight is 370 g/mol. The van der Waals surface area contributed by atoms with Gasteiger partial charge in [0.05, 0.1) is 5.41 Å². The highest BCUT2D eigenvalue weighted by molar-refractivity contribution is 6.11. The van der Waals surface area contributed by atoms with E-state index in [0.29, 0.717) is 25.9 Å². The Hall–Kier alpha value is -2.37. The maximum atomic E-state index is 13.5. The molecule has 144 valence electrons. The molecule has 4 rings (SSSR count). The van der Waals surface area contributed by atoms with Gasteiger partial charge in [0.15, 0.2) is 5.41 Å². The Morgan fingerprint density at radius 3 is 2.19 bits per heavy atom. The fourth-order valence-corrected chi connectivity index (χ4v) is 5.07. The molecule has 0 radical (unpaired) electrons. The number of esters is 2. The number of ether oxygens (including phenoxy) is 1. The van der Waals surface area contributed by atoms with Crippen molar-refractivity contribution in [1.82, 2.24) is 4.90 Å². The van der Waals surface area contributed by atoms with Gasteiger partial charge in [0.2, 0.25) is 5.91 Å². The molecule has 1 aliphatic carbocycles. The van der Waals surface area contributed by atoms with Crippen molar-refractivity contribution >= 4 is 23.5 Å². The zero-order valence-corrected chi connectivity index (χ0v) is 16.2. The van der Waals surface area contributed by atoms with Crippen LogP contribution in [-0.4, -0.2) is 48.9 Å². The molecule has 1 aromatic rings. The Morgan fingerprint density at radius 1 is 0.926 bits per heavy atom. The Morgan fingerprint density at radius 2 is 1.56 bits per heavy atom. The zero-order valence-electron chi connectivity index (χ0n) is 16.2. The third-order valence-electron chi connectivity index (χ3n) is 7.48. The number of cyclic esters (lactones) is 2. The fraction of sp³-hybridized carbons (Fsp3) is 0.571. The van der Waals surface area contributed by atoms with E-state index in [1.165, 1.54) is 0 Å². The summed E-state index contributed by atoms with van der Waals surface area (Å²) in [4.78, 5) is 42.7. The molecule has 2 unspecified atom stereocenters. The molecule has 2 atom stereocenters. The predicted molar refractivity (Wildman–Crippen MR) is 99.9 cm³/mol. The molecule has 3 aliphatic rings. The van der Waals surface area contributed by atoms with Gasteiger partial charge in [0.25, 0.3) is 0 Å². The highest BCUT2D eigenvalue weighted by Gasteiger charge is 2.75. The monoisotopic (exact) mass is 370 g/mol. The smallest absolute Gasteiger partial charge is 0.329 e. The molecule has 1 amide bonds. The standard InChI is InChI=1S/C21H26N2O4/c1-19(2)20(3)9-10-21(19,18(26)27-17(20)25)16(24)23-13-11-22(12-14-23)15-7-5-4-6-8-15/h4-8H,9-14H2,1-3H3. The number of hydrogen-bond donors (Lipinski definition) is 0. The Kier molecular flexibility index (Phi) is 3.88. The summed E-state index contributed by atoms with van der Waals surface area (Å²) in [6.45, 7) is 8.12. The van der Waals surface area contributed by atoms with Gasteiger partial charge in [0, 0.05) is 37.3 Å². The topological polar surface area (TPSA) is 66.9 Å². The van der Waals surface area contributed by atoms with Gasteiger partial charge in [0.1, 0.15) is 0 Å². The molecule has 0 aromatic heterocycles. The molecule has 0 N–H and O–H groups in total. The lowest BCUT2D eigenvalue weighted by molar-refractivity contribution is -0.199. The van der Waals surface area contributed by atoms with Crippen molar-refractivity contribution in [2.24, 2.45) is 16.2 Å². The van der Waals surface area contributed by atoms with Gasteiger partial charge in [-0.1, -0.05) is 32.0 Å². The number of carbonyl (C=O) groups is 3. The molecule has 1 saturated carbocycles. The number of para-hydroxylation sites is 1. The lowest BCUT2D eigenvalue weighted by atomic mass is 9.56. The van der Waals surface area contributed by atoms with Crippen LogP contribution < -0.4 is 4.90 Å². The van der Waals surface area contributed by atoms with Crippen molar-refractivity contribution < 1.29 is 19.1 Å². The first-order valence-electron chi connectivity index (χ1n) is 9.60. The van der Waals surface area contributed by atoms with E-state index in [9.17, 15) is 14.4 Å². The third-order valence-corrected chi connectivity index (χ3v) is 7.48. The van der Waals surface area contributed by atoms with E-state index < -0.39 is 28.2 Å². The van der Waals surface area contributed by atoms with Crippen LogP contribution in [0.4, 0.5) is 5.69 Å². The van der Waals surface area contributed by atoms with E-state index in [4.69, 9.17) is 4.74 Å². The zero-order chi connectivity index (χ0) is 19.4. The summed E-state index contributed by atoms with van der Waals surface area (Å²) in [6, 6.07) is 10.1. The van der Waals surface area contributed by atoms with Crippen LogP contribution in [0.1, 0.15) is 33.6 Å². The normalized spacial score (nSPS) is 32.4. The minimum absolute atomic E-state index is 0.179. The highest BCUT2D eigenvalue weighted by Crippen LogP contribution is 2.66. The van der Waals surface area contributed by atoms with Gasteiger partial charge in [-0.2, -0.15) is 0 Å². The predicted octanol–water partition coefficient (Wildman–Crippen LogP) is 2.23. The Labute approximate surface area is 159 Å². The lowest BCUT2D eigenvalue weighted by Gasteiger charge is -2.50. The first kappa shape index (κ1) is 18.0. The van der Waals surface area contributed by atoms with Gasteiger partial charge in [-0.05, 0) is 31.9 Å². The second-order valence-corrected chi connectivity index (χ2v) is 8.65. The number of nitrogens with zero attached hydrogens (tertiary/aromatic N) is 2. The van der Waals surface area contributed by atoms with Crippen molar-refractivity contribution in [3.63, 3.8) is 0 Å². The van der Waals surface area contributed by atoms with Gasteiger partial charge in [-0.15, -0.1) is 0 Å². The molecule has 2 saturated heterocycles. The first-order chi connectivity index (χ1) is 12.7. The number of amides is 1. The maximum absolute atomic E-state index is 13.5. The number of carbonyl (C=O) groups excluding carboxylic acids is 3. The molecular weight excluding hydrogens is 344 g/mol. The lowest BCUT2D eigenvalue weighted by Crippen LogP contribution is -2.64. The number of fused-ring (bicyclic) bond motifs is 2. The van der Waals surface area contributed by atoms with E-state index in [1.54, 1.807) is 4.90 Å². The van der Waals surface area contributed by atoms with E-state index in [0.717, 1.165) is 18.8 Å². The van der Waals surface area contributed by atoms with Crippen LogP contribution in [0, 0.1) is 16.2 Å². The van der Waals surface area contributed by atoms with Crippen LogP contribution in [0.25, 0.3) is 0 Å². The van der Waals surface area contributed by atoms with Gasteiger partial charge in [-0.3, -0.25) is 14.4 Å². The van der Waals surface area contributed by atoms with Crippen LogP contribution in [0.2, 0.25) is 0 Å². The van der Waals surface area contributed by atoms with Crippen molar-refractivity contribution in [1.29, 1.82) is 0 Å². The Balaban J connectivity index is 1.57. The van der Waals surface area contributed by atoms with E-state index in [-0.39, 0.29) is 5.91 Å². The van der Waals surface area contributed by atoms with E-state index in [2.05, 4.69) is 17.0 Å². The summed E-state index contributed by atoms with van der Waals surface area (Å²) in [7, 11) is 0. The largest absolute Gasteiger partial charge is 0.392 e. The van der Waals surface area contributed by atoms with Gasteiger partial charge in [-0.25, -0.2) is 0 Å². The molecule has 2 heterocycles. The second-order valence-electron chi connectivity index (χ2n) is 8.65. The fourth-order valence-electron chi connectivity index (χ4n) is 5.07. The quantitative estimate of drug-likeness (QED) is 0.590. The van der Waals surface area contributed by atoms with Crippen LogP contribution in [0.15, 0.2) is 30.3 Å². The summed E-state index contributed by atoms with van der Waals surface area (Å²) >= 11 is 0.